The van der Waals surface area contributed by atoms with Crippen molar-refractivity contribution in [2.24, 2.45) is 0 Å². The molecule has 3 aromatic rings. The molecule has 1 aromatic heterocycles. The predicted molar refractivity (Wildman–Crippen MR) is 75.7 cm³/mol. The second kappa shape index (κ2) is 5.35. The topological polar surface area (TPSA) is 58.8 Å². The van der Waals surface area contributed by atoms with Crippen molar-refractivity contribution in [1.82, 2.24) is 9.97 Å². The number of nitrogens with zero attached hydrogens (tertiary/aromatic N) is 3. The zero-order chi connectivity index (χ0) is 14.8. The molecule has 0 radical (unpaired) electrons. The molecule has 0 amide bonds. The average Bonchev–Trinajstić information content (AvgIpc) is 2.49. The summed E-state index contributed by atoms with van der Waals surface area (Å²) in [7, 11) is 0. The number of halogens is 2. The quantitative estimate of drug-likeness (QED) is 0.715. The van der Waals surface area contributed by atoms with Gasteiger partial charge in [0.2, 0.25) is 5.88 Å². The van der Waals surface area contributed by atoms with Crippen LogP contribution in [0.2, 0.25) is 5.02 Å². The van der Waals surface area contributed by atoms with E-state index in [0.717, 1.165) is 0 Å². The summed E-state index contributed by atoms with van der Waals surface area (Å²) >= 11 is 6.05. The van der Waals surface area contributed by atoms with Crippen LogP contribution in [0, 0.1) is 17.1 Å². The number of hydrogen-bond donors (Lipinski definition) is 0. The van der Waals surface area contributed by atoms with E-state index in [1.54, 1.807) is 18.2 Å². The lowest BCUT2D eigenvalue weighted by Gasteiger charge is -2.08. The van der Waals surface area contributed by atoms with Gasteiger partial charge in [-0.3, -0.25) is 0 Å². The van der Waals surface area contributed by atoms with Crippen LogP contribution in [0.1, 0.15) is 5.56 Å². The molecule has 21 heavy (non-hydrogen) atoms. The maximum atomic E-state index is 13.4. The molecule has 0 atom stereocenters. The van der Waals surface area contributed by atoms with Crippen LogP contribution < -0.4 is 4.74 Å². The normalized spacial score (nSPS) is 10.3. The molecule has 0 N–H and O–H groups in total. The Morgan fingerprint density at radius 2 is 2.00 bits per heavy atom. The molecular weight excluding hydrogens is 293 g/mol. The first-order chi connectivity index (χ1) is 10.2. The molecule has 2 aromatic carbocycles. The monoisotopic (exact) mass is 299 g/mol. The molecule has 0 spiro atoms. The van der Waals surface area contributed by atoms with E-state index in [0.29, 0.717) is 22.2 Å². The van der Waals surface area contributed by atoms with Crippen LogP contribution >= 0.6 is 11.6 Å². The Bertz CT molecular complexity index is 876. The Balaban J connectivity index is 2.06. The van der Waals surface area contributed by atoms with E-state index >= 15 is 0 Å². The summed E-state index contributed by atoms with van der Waals surface area (Å²) < 4.78 is 19.0. The highest BCUT2D eigenvalue weighted by Gasteiger charge is 2.10. The number of nitriles is 1. The molecule has 6 heteroatoms. The van der Waals surface area contributed by atoms with Gasteiger partial charge < -0.3 is 4.74 Å². The summed E-state index contributed by atoms with van der Waals surface area (Å²) in [5.41, 5.74) is 0.983. The highest BCUT2D eigenvalue weighted by atomic mass is 35.5. The summed E-state index contributed by atoms with van der Waals surface area (Å²) in [6, 6.07) is 10.8. The van der Waals surface area contributed by atoms with Crippen LogP contribution in [0.4, 0.5) is 4.39 Å². The molecule has 0 unspecified atom stereocenters. The van der Waals surface area contributed by atoms with Crippen molar-refractivity contribution in [3.63, 3.8) is 0 Å². The van der Waals surface area contributed by atoms with Gasteiger partial charge in [-0.25, -0.2) is 14.4 Å². The minimum absolute atomic E-state index is 0.200. The van der Waals surface area contributed by atoms with Crippen LogP contribution in [0.15, 0.2) is 42.7 Å². The summed E-state index contributed by atoms with van der Waals surface area (Å²) in [4.78, 5) is 8.04. The standard InChI is InChI=1S/C15H7ClFN3O/c16-12-5-9(7-18)1-4-14(12)21-15-11-6-10(17)2-3-13(11)19-8-20-15/h1-6,8H. The van der Waals surface area contributed by atoms with Gasteiger partial charge in [-0.05, 0) is 36.4 Å². The van der Waals surface area contributed by atoms with E-state index in [1.165, 1.54) is 24.5 Å². The zero-order valence-corrected chi connectivity index (χ0v) is 11.3. The van der Waals surface area contributed by atoms with Crippen molar-refractivity contribution in [3.8, 4) is 17.7 Å². The number of hydrogen-bond acceptors (Lipinski definition) is 4. The van der Waals surface area contributed by atoms with E-state index in [9.17, 15) is 4.39 Å². The molecule has 0 aliphatic heterocycles. The fraction of sp³-hybridized carbons (Fsp3) is 0. The van der Waals surface area contributed by atoms with Gasteiger partial charge in [0, 0.05) is 0 Å². The lowest BCUT2D eigenvalue weighted by Crippen LogP contribution is -1.93. The van der Waals surface area contributed by atoms with Crippen molar-refractivity contribution in [1.29, 1.82) is 5.26 Å². The Kier molecular flexibility index (Phi) is 3.38. The van der Waals surface area contributed by atoms with Gasteiger partial charge in [-0.1, -0.05) is 11.6 Å². The van der Waals surface area contributed by atoms with Crippen LogP contribution in [0.25, 0.3) is 10.9 Å². The molecule has 1 heterocycles. The van der Waals surface area contributed by atoms with E-state index in [-0.39, 0.29) is 10.9 Å². The van der Waals surface area contributed by atoms with Crippen LogP contribution in [-0.2, 0) is 0 Å². The van der Waals surface area contributed by atoms with Crippen molar-refractivity contribution < 1.29 is 9.13 Å². The van der Waals surface area contributed by atoms with E-state index in [1.807, 2.05) is 6.07 Å². The molecule has 4 nitrogen and oxygen atoms in total. The van der Waals surface area contributed by atoms with Crippen molar-refractivity contribution in [3.05, 3.63) is 59.1 Å². The minimum atomic E-state index is -0.409. The Morgan fingerprint density at radius 3 is 2.76 bits per heavy atom. The summed E-state index contributed by atoms with van der Waals surface area (Å²) in [5.74, 6) is 0.124. The molecule has 0 saturated heterocycles. The van der Waals surface area contributed by atoms with Gasteiger partial charge in [-0.2, -0.15) is 5.26 Å². The number of rotatable bonds is 2. The van der Waals surface area contributed by atoms with Crippen molar-refractivity contribution >= 4 is 22.5 Å². The highest BCUT2D eigenvalue weighted by molar-refractivity contribution is 6.32. The minimum Gasteiger partial charge on any atom is -0.437 e. The third-order valence-electron chi connectivity index (χ3n) is 2.83. The maximum Gasteiger partial charge on any atom is 0.230 e. The SMILES string of the molecule is N#Cc1ccc(Oc2ncnc3ccc(F)cc23)c(Cl)c1. The summed E-state index contributed by atoms with van der Waals surface area (Å²) in [6.07, 6.45) is 1.33. The number of fused-ring (bicyclic) bond motifs is 1. The highest BCUT2D eigenvalue weighted by Crippen LogP contribution is 2.32. The van der Waals surface area contributed by atoms with Gasteiger partial charge in [-0.15, -0.1) is 0 Å². The Morgan fingerprint density at radius 1 is 1.14 bits per heavy atom. The molecule has 0 bridgehead atoms. The Labute approximate surface area is 124 Å². The number of ether oxygens (including phenoxy) is 1. The third kappa shape index (κ3) is 2.62. The number of benzene rings is 2. The Hall–Kier alpha value is -2.71. The first-order valence-corrected chi connectivity index (χ1v) is 6.33. The molecule has 0 saturated carbocycles. The molecule has 0 fully saturated rings. The molecule has 0 aliphatic carbocycles. The van der Waals surface area contributed by atoms with E-state index in [4.69, 9.17) is 21.6 Å². The van der Waals surface area contributed by atoms with E-state index < -0.39 is 5.82 Å². The third-order valence-corrected chi connectivity index (χ3v) is 3.12. The van der Waals surface area contributed by atoms with E-state index in [2.05, 4.69) is 9.97 Å². The van der Waals surface area contributed by atoms with Gasteiger partial charge in [0.1, 0.15) is 17.9 Å². The molecule has 0 aliphatic rings. The molecule has 3 rings (SSSR count). The second-order valence-corrected chi connectivity index (χ2v) is 4.61. The average molecular weight is 300 g/mol. The maximum absolute atomic E-state index is 13.4. The lowest BCUT2D eigenvalue weighted by molar-refractivity contribution is 0.468. The van der Waals surface area contributed by atoms with Crippen LogP contribution in [-0.4, -0.2) is 9.97 Å². The van der Waals surface area contributed by atoms with Gasteiger partial charge in [0.15, 0.2) is 0 Å². The molecular formula is C15H7ClFN3O. The fourth-order valence-corrected chi connectivity index (χ4v) is 2.06. The predicted octanol–water partition coefficient (Wildman–Crippen LogP) is 4.09. The lowest BCUT2D eigenvalue weighted by atomic mass is 10.2. The summed E-state index contributed by atoms with van der Waals surface area (Å²) in [5, 5.41) is 9.52. The first-order valence-electron chi connectivity index (χ1n) is 5.95. The smallest absolute Gasteiger partial charge is 0.230 e. The number of aromatic nitrogens is 2. The van der Waals surface area contributed by atoms with Crippen molar-refractivity contribution in [2.45, 2.75) is 0 Å². The first kappa shape index (κ1) is 13.3. The van der Waals surface area contributed by atoms with Crippen LogP contribution in [0.5, 0.6) is 11.6 Å². The van der Waals surface area contributed by atoms with Gasteiger partial charge >= 0.3 is 0 Å². The molecule has 102 valence electrons. The summed E-state index contributed by atoms with van der Waals surface area (Å²) in [6.45, 7) is 0. The van der Waals surface area contributed by atoms with Gasteiger partial charge in [0.25, 0.3) is 0 Å². The second-order valence-electron chi connectivity index (χ2n) is 4.20. The fourth-order valence-electron chi connectivity index (χ4n) is 1.84. The largest absolute Gasteiger partial charge is 0.437 e. The zero-order valence-electron chi connectivity index (χ0n) is 10.5. The van der Waals surface area contributed by atoms with Crippen molar-refractivity contribution in [2.75, 3.05) is 0 Å². The van der Waals surface area contributed by atoms with Crippen LogP contribution in [0.3, 0.4) is 0 Å². The van der Waals surface area contributed by atoms with Gasteiger partial charge in [0.05, 0.1) is 27.6 Å².